The average molecular weight is 340 g/mol. The molecule has 108 valence electrons. The van der Waals surface area contributed by atoms with Crippen molar-refractivity contribution in [2.75, 3.05) is 0 Å². The van der Waals surface area contributed by atoms with Gasteiger partial charge in [0, 0.05) is 22.2 Å². The highest BCUT2D eigenvalue weighted by atomic mass is 79.9. The van der Waals surface area contributed by atoms with Gasteiger partial charge in [-0.2, -0.15) is 0 Å². The fourth-order valence-corrected chi connectivity index (χ4v) is 3.44. The van der Waals surface area contributed by atoms with Crippen LogP contribution in [0, 0.1) is 17.0 Å². The van der Waals surface area contributed by atoms with Gasteiger partial charge in [0.05, 0.1) is 6.42 Å². The molecule has 5 heteroatoms. The fraction of sp³-hybridized carbons (Fsp3) is 0.533. The van der Waals surface area contributed by atoms with Gasteiger partial charge in [-0.1, -0.05) is 34.5 Å². The van der Waals surface area contributed by atoms with Crippen LogP contribution in [0.25, 0.3) is 0 Å². The lowest BCUT2D eigenvalue weighted by atomic mass is 9.83. The van der Waals surface area contributed by atoms with Crippen molar-refractivity contribution in [3.05, 3.63) is 43.9 Å². The number of carbonyl (C=O) groups is 1. The predicted octanol–water partition coefficient (Wildman–Crippen LogP) is 3.85. The molecule has 1 aliphatic carbocycles. The van der Waals surface area contributed by atoms with Crippen LogP contribution in [0.5, 0.6) is 0 Å². The maximum Gasteiger partial charge on any atom is 0.283 e. The van der Waals surface area contributed by atoms with E-state index in [0.29, 0.717) is 12.8 Å². The number of rotatable bonds is 3. The summed E-state index contributed by atoms with van der Waals surface area (Å²) in [7, 11) is 0. The molecule has 4 nitrogen and oxygen atoms in total. The Morgan fingerprint density at radius 2 is 2.10 bits per heavy atom. The van der Waals surface area contributed by atoms with Crippen LogP contribution < -0.4 is 0 Å². The number of carbonyl (C=O) groups excluding carboxylic acids is 1. The van der Waals surface area contributed by atoms with Gasteiger partial charge < -0.3 is 0 Å². The summed E-state index contributed by atoms with van der Waals surface area (Å²) in [6.07, 6.45) is 3.26. The Labute approximate surface area is 126 Å². The first kappa shape index (κ1) is 15.2. The van der Waals surface area contributed by atoms with Gasteiger partial charge in [0.25, 0.3) is 5.54 Å². The van der Waals surface area contributed by atoms with Crippen LogP contribution in [0.4, 0.5) is 0 Å². The highest BCUT2D eigenvalue weighted by molar-refractivity contribution is 9.10. The molecule has 0 N–H and O–H groups in total. The van der Waals surface area contributed by atoms with Crippen molar-refractivity contribution < 1.29 is 9.72 Å². The van der Waals surface area contributed by atoms with E-state index in [1.54, 1.807) is 0 Å². The summed E-state index contributed by atoms with van der Waals surface area (Å²) in [4.78, 5) is 23.5. The molecule has 0 spiro atoms. The molecule has 0 aromatic heterocycles. The lowest BCUT2D eigenvalue weighted by Crippen LogP contribution is -2.47. The van der Waals surface area contributed by atoms with Crippen LogP contribution in [0.15, 0.2) is 22.7 Å². The average Bonchev–Trinajstić information content (AvgIpc) is 2.56. The van der Waals surface area contributed by atoms with E-state index in [9.17, 15) is 14.9 Å². The SMILES string of the molecule is Cc1ccc(CC2([N+](=O)[O-])CCCCCC2=O)c(Br)c1. The Kier molecular flexibility index (Phi) is 4.58. The maximum atomic E-state index is 12.3. The number of benzene rings is 1. The Bertz CT molecular complexity index is 544. The van der Waals surface area contributed by atoms with Crippen molar-refractivity contribution in [1.82, 2.24) is 0 Å². The van der Waals surface area contributed by atoms with Gasteiger partial charge in [0.1, 0.15) is 0 Å². The van der Waals surface area contributed by atoms with E-state index in [2.05, 4.69) is 15.9 Å². The second kappa shape index (κ2) is 6.04. The molecule has 1 aliphatic rings. The smallest absolute Gasteiger partial charge is 0.283 e. The highest BCUT2D eigenvalue weighted by Gasteiger charge is 2.50. The zero-order chi connectivity index (χ0) is 14.8. The quantitative estimate of drug-likeness (QED) is 0.477. The zero-order valence-corrected chi connectivity index (χ0v) is 13.1. The second-order valence-corrected chi connectivity index (χ2v) is 6.40. The van der Waals surface area contributed by atoms with Crippen LogP contribution in [-0.4, -0.2) is 16.2 Å². The third-order valence-corrected chi connectivity index (χ3v) is 4.79. The number of nitrogens with zero attached hydrogens (tertiary/aromatic N) is 1. The summed E-state index contributed by atoms with van der Waals surface area (Å²) in [5.74, 6) is -0.215. The van der Waals surface area contributed by atoms with Gasteiger partial charge in [0.15, 0.2) is 0 Å². The predicted molar refractivity (Wildman–Crippen MR) is 80.4 cm³/mol. The van der Waals surface area contributed by atoms with Crippen LogP contribution in [-0.2, 0) is 11.2 Å². The van der Waals surface area contributed by atoms with Crippen LogP contribution in [0.3, 0.4) is 0 Å². The molecule has 0 aliphatic heterocycles. The molecule has 1 saturated carbocycles. The molecule has 1 unspecified atom stereocenters. The van der Waals surface area contributed by atoms with E-state index >= 15 is 0 Å². The van der Waals surface area contributed by atoms with Crippen LogP contribution >= 0.6 is 15.9 Å². The molecule has 1 fully saturated rings. The Morgan fingerprint density at radius 1 is 1.35 bits per heavy atom. The Hall–Kier alpha value is -1.23. The molecule has 0 radical (unpaired) electrons. The van der Waals surface area contributed by atoms with Crippen molar-refractivity contribution in [1.29, 1.82) is 0 Å². The van der Waals surface area contributed by atoms with Gasteiger partial charge >= 0.3 is 0 Å². The number of aryl methyl sites for hydroxylation is 1. The van der Waals surface area contributed by atoms with E-state index < -0.39 is 5.54 Å². The summed E-state index contributed by atoms with van der Waals surface area (Å²) in [6.45, 7) is 1.97. The number of halogens is 1. The van der Waals surface area contributed by atoms with E-state index in [1.165, 1.54) is 0 Å². The van der Waals surface area contributed by atoms with E-state index in [0.717, 1.165) is 34.9 Å². The monoisotopic (exact) mass is 339 g/mol. The van der Waals surface area contributed by atoms with E-state index in [-0.39, 0.29) is 17.1 Å². The van der Waals surface area contributed by atoms with Crippen molar-refractivity contribution in [2.45, 2.75) is 51.0 Å². The second-order valence-electron chi connectivity index (χ2n) is 5.54. The first-order valence-corrected chi connectivity index (χ1v) is 7.68. The topological polar surface area (TPSA) is 60.2 Å². The minimum absolute atomic E-state index is 0.180. The van der Waals surface area contributed by atoms with Gasteiger partial charge in [-0.25, -0.2) is 0 Å². The molecule has 2 rings (SSSR count). The van der Waals surface area contributed by atoms with Crippen LogP contribution in [0.2, 0.25) is 0 Å². The van der Waals surface area contributed by atoms with Crippen molar-refractivity contribution in [3.63, 3.8) is 0 Å². The normalized spacial score (nSPS) is 23.4. The number of hydrogen-bond donors (Lipinski definition) is 0. The van der Waals surface area contributed by atoms with Crippen LogP contribution in [0.1, 0.15) is 43.2 Å². The molecule has 20 heavy (non-hydrogen) atoms. The molecule has 1 aromatic carbocycles. The summed E-state index contributed by atoms with van der Waals surface area (Å²) >= 11 is 3.45. The maximum absolute atomic E-state index is 12.3. The number of Topliss-reactive ketones (excluding diaryl/α,β-unsaturated/α-hetero) is 1. The van der Waals surface area contributed by atoms with Crippen molar-refractivity contribution in [3.8, 4) is 0 Å². The molecular weight excluding hydrogens is 322 g/mol. The van der Waals surface area contributed by atoms with Gasteiger partial charge in [-0.15, -0.1) is 0 Å². The molecule has 1 atom stereocenters. The summed E-state index contributed by atoms with van der Waals surface area (Å²) in [6, 6.07) is 5.74. The van der Waals surface area contributed by atoms with Gasteiger partial charge in [0.2, 0.25) is 5.78 Å². The molecule has 0 bridgehead atoms. The van der Waals surface area contributed by atoms with E-state index in [4.69, 9.17) is 0 Å². The van der Waals surface area contributed by atoms with E-state index in [1.807, 2.05) is 25.1 Å². The minimum Gasteiger partial charge on any atom is -0.292 e. The molecule has 0 saturated heterocycles. The number of hydrogen-bond acceptors (Lipinski definition) is 3. The van der Waals surface area contributed by atoms with Crippen molar-refractivity contribution in [2.24, 2.45) is 0 Å². The Balaban J connectivity index is 2.38. The number of ketones is 1. The van der Waals surface area contributed by atoms with Gasteiger partial charge in [-0.05, 0) is 37.0 Å². The lowest BCUT2D eigenvalue weighted by molar-refractivity contribution is -0.553. The largest absolute Gasteiger partial charge is 0.292 e. The molecule has 1 aromatic rings. The molecule has 0 heterocycles. The lowest BCUT2D eigenvalue weighted by Gasteiger charge is -2.23. The summed E-state index contributed by atoms with van der Waals surface area (Å²) in [5, 5.41) is 11.6. The first-order chi connectivity index (χ1) is 9.45. The molecule has 0 amide bonds. The standard InChI is InChI=1S/C15H18BrNO3/c1-11-6-7-12(13(16)9-11)10-15(17(19)20)8-4-2-3-5-14(15)18/h6-7,9H,2-5,8,10H2,1H3. The third-order valence-electron chi connectivity index (χ3n) is 4.05. The molecular formula is C15H18BrNO3. The van der Waals surface area contributed by atoms with Crippen molar-refractivity contribution >= 4 is 21.7 Å². The third kappa shape index (κ3) is 2.92. The van der Waals surface area contributed by atoms with Gasteiger partial charge in [-0.3, -0.25) is 14.9 Å². The number of nitro groups is 1. The Morgan fingerprint density at radius 3 is 2.75 bits per heavy atom. The zero-order valence-electron chi connectivity index (χ0n) is 11.5. The first-order valence-electron chi connectivity index (χ1n) is 6.88. The summed E-state index contributed by atoms with van der Waals surface area (Å²) in [5.41, 5.74) is 0.486. The highest BCUT2D eigenvalue weighted by Crippen LogP contribution is 2.33. The minimum atomic E-state index is -1.44. The summed E-state index contributed by atoms with van der Waals surface area (Å²) < 4.78 is 0.843. The fourth-order valence-electron chi connectivity index (χ4n) is 2.81.